The van der Waals surface area contributed by atoms with Gasteiger partial charge in [0.15, 0.2) is 0 Å². The highest BCUT2D eigenvalue weighted by Crippen LogP contribution is 2.25. The van der Waals surface area contributed by atoms with E-state index in [0.717, 1.165) is 10.5 Å². The fourth-order valence-corrected chi connectivity index (χ4v) is 2.29. The lowest BCUT2D eigenvalue weighted by molar-refractivity contribution is -0.385. The molecule has 1 amide bonds. The molecule has 2 N–H and O–H groups in total. The summed E-state index contributed by atoms with van der Waals surface area (Å²) in [6, 6.07) is 4.47. The van der Waals surface area contributed by atoms with E-state index in [4.69, 9.17) is 0 Å². The molecule has 0 saturated heterocycles. The van der Waals surface area contributed by atoms with Gasteiger partial charge in [0.2, 0.25) is 0 Å². The summed E-state index contributed by atoms with van der Waals surface area (Å²) in [6.07, 6.45) is 4.15. The van der Waals surface area contributed by atoms with E-state index in [0.29, 0.717) is 12.2 Å². The number of aromatic amines is 1. The van der Waals surface area contributed by atoms with Gasteiger partial charge in [0.1, 0.15) is 11.4 Å². The first-order valence-corrected chi connectivity index (χ1v) is 7.45. The lowest BCUT2D eigenvalue weighted by Crippen LogP contribution is -2.15. The quantitative estimate of drug-likeness (QED) is 0.502. The van der Waals surface area contributed by atoms with Crippen molar-refractivity contribution in [3.05, 3.63) is 45.6 Å². The van der Waals surface area contributed by atoms with Gasteiger partial charge in [-0.1, -0.05) is 6.92 Å². The number of carbonyl (C=O) groups is 1. The molecule has 2 rings (SSSR count). The van der Waals surface area contributed by atoms with Gasteiger partial charge in [-0.3, -0.25) is 20.0 Å². The van der Waals surface area contributed by atoms with Gasteiger partial charge in [-0.05, 0) is 24.8 Å². The summed E-state index contributed by atoms with van der Waals surface area (Å²) < 4.78 is 0. The molecule has 21 heavy (non-hydrogen) atoms. The van der Waals surface area contributed by atoms with Crippen LogP contribution in [0.1, 0.15) is 22.8 Å². The Bertz CT molecular complexity index is 684. The van der Waals surface area contributed by atoms with Crippen LogP contribution in [-0.4, -0.2) is 27.3 Å². The molecular weight excluding hydrogens is 292 g/mol. The highest BCUT2D eigenvalue weighted by atomic mass is 32.2. The zero-order valence-electron chi connectivity index (χ0n) is 11.5. The number of nitro groups is 1. The van der Waals surface area contributed by atoms with Gasteiger partial charge < -0.3 is 5.32 Å². The van der Waals surface area contributed by atoms with Crippen LogP contribution in [0.5, 0.6) is 0 Å². The SMILES string of the molecule is CCc1cn[nH]c1NC(=O)c1cc(SC)ccc1[N+](=O)[O-]. The number of hydrogen-bond acceptors (Lipinski definition) is 5. The predicted molar refractivity (Wildman–Crippen MR) is 80.8 cm³/mol. The maximum Gasteiger partial charge on any atom is 0.282 e. The first kappa shape index (κ1) is 15.0. The molecule has 7 nitrogen and oxygen atoms in total. The van der Waals surface area contributed by atoms with Crippen LogP contribution in [0.25, 0.3) is 0 Å². The summed E-state index contributed by atoms with van der Waals surface area (Å²) in [5, 5.41) is 20.2. The molecule has 1 aromatic heterocycles. The Balaban J connectivity index is 2.35. The smallest absolute Gasteiger partial charge is 0.282 e. The van der Waals surface area contributed by atoms with Crippen LogP contribution in [0.4, 0.5) is 11.5 Å². The predicted octanol–water partition coefficient (Wildman–Crippen LogP) is 2.85. The van der Waals surface area contributed by atoms with Gasteiger partial charge in [-0.2, -0.15) is 5.10 Å². The molecule has 0 bridgehead atoms. The van der Waals surface area contributed by atoms with E-state index in [9.17, 15) is 14.9 Å². The zero-order valence-corrected chi connectivity index (χ0v) is 12.4. The second kappa shape index (κ2) is 6.40. The van der Waals surface area contributed by atoms with E-state index in [1.165, 1.54) is 23.9 Å². The van der Waals surface area contributed by atoms with Gasteiger partial charge in [0.05, 0.1) is 11.1 Å². The number of benzene rings is 1. The molecule has 0 aliphatic rings. The Morgan fingerprint density at radius 3 is 2.90 bits per heavy atom. The summed E-state index contributed by atoms with van der Waals surface area (Å²) >= 11 is 1.41. The Kier molecular flexibility index (Phi) is 4.59. The number of nitrogens with zero attached hydrogens (tertiary/aromatic N) is 2. The van der Waals surface area contributed by atoms with Crippen molar-refractivity contribution in [3.8, 4) is 0 Å². The molecule has 0 atom stereocenters. The molecule has 1 heterocycles. The second-order valence-corrected chi connectivity index (χ2v) is 5.10. The molecule has 0 spiro atoms. The first-order valence-electron chi connectivity index (χ1n) is 6.22. The van der Waals surface area contributed by atoms with E-state index in [2.05, 4.69) is 15.5 Å². The molecule has 110 valence electrons. The minimum atomic E-state index is -0.563. The summed E-state index contributed by atoms with van der Waals surface area (Å²) in [6.45, 7) is 1.93. The van der Waals surface area contributed by atoms with Gasteiger partial charge in [-0.15, -0.1) is 11.8 Å². The lowest BCUT2D eigenvalue weighted by Gasteiger charge is -2.07. The van der Waals surface area contributed by atoms with Crippen LogP contribution in [0.2, 0.25) is 0 Å². The molecule has 8 heteroatoms. The number of rotatable bonds is 5. The van der Waals surface area contributed by atoms with Crippen molar-refractivity contribution in [1.82, 2.24) is 10.2 Å². The fraction of sp³-hybridized carbons (Fsp3) is 0.231. The van der Waals surface area contributed by atoms with Gasteiger partial charge in [-0.25, -0.2) is 0 Å². The van der Waals surface area contributed by atoms with Crippen LogP contribution < -0.4 is 5.32 Å². The average molecular weight is 306 g/mol. The van der Waals surface area contributed by atoms with Gasteiger partial charge in [0.25, 0.3) is 11.6 Å². The average Bonchev–Trinajstić information content (AvgIpc) is 2.93. The fourth-order valence-electron chi connectivity index (χ4n) is 1.85. The number of hydrogen-bond donors (Lipinski definition) is 2. The maximum absolute atomic E-state index is 12.3. The number of H-pyrrole nitrogens is 1. The Hall–Kier alpha value is -2.35. The van der Waals surface area contributed by atoms with Crippen molar-refractivity contribution in [1.29, 1.82) is 0 Å². The van der Waals surface area contributed by atoms with E-state index in [1.807, 2.05) is 13.2 Å². The molecule has 0 fully saturated rings. The number of carbonyl (C=O) groups excluding carboxylic acids is 1. The molecule has 0 saturated carbocycles. The lowest BCUT2D eigenvalue weighted by atomic mass is 10.1. The van der Waals surface area contributed by atoms with E-state index < -0.39 is 10.8 Å². The van der Waals surface area contributed by atoms with Crippen molar-refractivity contribution in [2.45, 2.75) is 18.2 Å². The van der Waals surface area contributed by atoms with Crippen molar-refractivity contribution in [3.63, 3.8) is 0 Å². The topological polar surface area (TPSA) is 101 Å². The highest BCUT2D eigenvalue weighted by Gasteiger charge is 2.21. The Morgan fingerprint density at radius 2 is 2.29 bits per heavy atom. The van der Waals surface area contributed by atoms with Crippen LogP contribution in [-0.2, 0) is 6.42 Å². The number of anilines is 1. The third-order valence-corrected chi connectivity index (χ3v) is 3.71. The van der Waals surface area contributed by atoms with E-state index in [-0.39, 0.29) is 11.3 Å². The largest absolute Gasteiger partial charge is 0.306 e. The third kappa shape index (κ3) is 3.22. The van der Waals surface area contributed by atoms with Crippen LogP contribution in [0.3, 0.4) is 0 Å². The number of amides is 1. The van der Waals surface area contributed by atoms with E-state index in [1.54, 1.807) is 12.3 Å². The summed E-state index contributed by atoms with van der Waals surface area (Å²) in [5.74, 6) is -0.0668. The summed E-state index contributed by atoms with van der Waals surface area (Å²) in [4.78, 5) is 23.6. The second-order valence-electron chi connectivity index (χ2n) is 4.22. The molecular formula is C13H14N4O3S. The third-order valence-electron chi connectivity index (χ3n) is 2.98. The minimum Gasteiger partial charge on any atom is -0.306 e. The molecule has 0 radical (unpaired) electrons. The standard InChI is InChI=1S/C13H14N4O3S/c1-3-8-7-14-16-12(8)15-13(18)10-6-9(21-2)4-5-11(10)17(19)20/h4-7H,3H2,1-2H3,(H2,14,15,16,18). The molecule has 1 aromatic carbocycles. The monoisotopic (exact) mass is 306 g/mol. The molecule has 0 aliphatic carbocycles. The molecule has 2 aromatic rings. The maximum atomic E-state index is 12.3. The number of nitrogens with one attached hydrogen (secondary N) is 2. The Morgan fingerprint density at radius 1 is 1.52 bits per heavy atom. The number of aromatic nitrogens is 2. The summed E-state index contributed by atoms with van der Waals surface area (Å²) in [7, 11) is 0. The normalized spacial score (nSPS) is 10.4. The number of nitro benzene ring substituents is 1. The van der Waals surface area contributed by atoms with Crippen molar-refractivity contribution < 1.29 is 9.72 Å². The van der Waals surface area contributed by atoms with Gasteiger partial charge in [0, 0.05) is 16.5 Å². The van der Waals surface area contributed by atoms with Crippen LogP contribution in [0.15, 0.2) is 29.3 Å². The van der Waals surface area contributed by atoms with Gasteiger partial charge >= 0.3 is 0 Å². The molecule has 0 unspecified atom stereocenters. The van der Waals surface area contributed by atoms with Crippen molar-refractivity contribution in [2.75, 3.05) is 11.6 Å². The minimum absolute atomic E-state index is 0.0310. The zero-order chi connectivity index (χ0) is 15.4. The van der Waals surface area contributed by atoms with Crippen LogP contribution >= 0.6 is 11.8 Å². The van der Waals surface area contributed by atoms with Crippen LogP contribution in [0, 0.1) is 10.1 Å². The summed E-state index contributed by atoms with van der Waals surface area (Å²) in [5.41, 5.74) is 0.651. The first-order chi connectivity index (χ1) is 10.1. The Labute approximate surface area is 125 Å². The number of aryl methyl sites for hydroxylation is 1. The highest BCUT2D eigenvalue weighted by molar-refractivity contribution is 7.98. The van der Waals surface area contributed by atoms with Crippen molar-refractivity contribution in [2.24, 2.45) is 0 Å². The number of thioether (sulfide) groups is 1. The van der Waals surface area contributed by atoms with Crippen molar-refractivity contribution >= 4 is 29.2 Å². The molecule has 0 aliphatic heterocycles. The van der Waals surface area contributed by atoms with E-state index >= 15 is 0 Å².